The molecule has 21 heavy (non-hydrogen) atoms. The van der Waals surface area contributed by atoms with Crippen LogP contribution in [0.2, 0.25) is 0 Å². The van der Waals surface area contributed by atoms with Crippen molar-refractivity contribution in [3.8, 4) is 11.3 Å². The highest BCUT2D eigenvalue weighted by Crippen LogP contribution is 2.22. The molecule has 0 bridgehead atoms. The summed E-state index contributed by atoms with van der Waals surface area (Å²) in [5, 5.41) is 7.04. The molecule has 3 rings (SSSR count). The molecule has 0 radical (unpaired) electrons. The van der Waals surface area contributed by atoms with E-state index in [-0.39, 0.29) is 12.0 Å². The highest BCUT2D eigenvalue weighted by Gasteiger charge is 2.32. The number of ether oxygens (including phenoxy) is 1. The van der Waals surface area contributed by atoms with Crippen molar-refractivity contribution in [2.45, 2.75) is 13.0 Å². The topological polar surface area (TPSA) is 58.2 Å². The molecular weight excluding hydrogens is 334 g/mol. The number of likely N-dealkylation sites (tertiary alicyclic amines) is 1. The van der Waals surface area contributed by atoms with E-state index in [2.05, 4.69) is 26.1 Å². The van der Waals surface area contributed by atoms with Gasteiger partial charge in [-0.1, -0.05) is 28.1 Å². The molecule has 1 aromatic heterocycles. The van der Waals surface area contributed by atoms with Crippen molar-refractivity contribution >= 4 is 21.8 Å². The zero-order valence-electron chi connectivity index (χ0n) is 11.7. The van der Waals surface area contributed by atoms with Crippen LogP contribution in [0, 0.1) is 0 Å². The molecule has 110 valence electrons. The zero-order chi connectivity index (χ0) is 14.8. The van der Waals surface area contributed by atoms with E-state index in [9.17, 15) is 4.79 Å². The summed E-state index contributed by atoms with van der Waals surface area (Å²) in [6, 6.07) is 9.62. The van der Waals surface area contributed by atoms with Crippen LogP contribution in [0.15, 0.2) is 34.8 Å². The molecule has 2 heterocycles. The van der Waals surface area contributed by atoms with Crippen LogP contribution in [0.4, 0.5) is 0 Å². The van der Waals surface area contributed by atoms with Gasteiger partial charge in [-0.15, -0.1) is 0 Å². The van der Waals surface area contributed by atoms with Crippen LogP contribution in [0.5, 0.6) is 0 Å². The molecule has 0 unspecified atom stereocenters. The molecular formula is C15H16BrN3O2. The number of carbonyl (C=O) groups is 1. The summed E-state index contributed by atoms with van der Waals surface area (Å²) < 4.78 is 6.47. The van der Waals surface area contributed by atoms with Gasteiger partial charge in [0.15, 0.2) is 0 Å². The van der Waals surface area contributed by atoms with Gasteiger partial charge in [-0.25, -0.2) is 0 Å². The summed E-state index contributed by atoms with van der Waals surface area (Å²) in [4.78, 5) is 14.0. The van der Waals surface area contributed by atoms with Crippen molar-refractivity contribution in [3.63, 3.8) is 0 Å². The summed E-state index contributed by atoms with van der Waals surface area (Å²) >= 11 is 3.40. The number of hydrogen-bond donors (Lipinski definition) is 1. The fraction of sp³-hybridized carbons (Fsp3) is 0.333. The Morgan fingerprint density at radius 2 is 2.14 bits per heavy atom. The maximum absolute atomic E-state index is 12.3. The summed E-state index contributed by atoms with van der Waals surface area (Å²) in [7, 11) is 0. The van der Waals surface area contributed by atoms with E-state index < -0.39 is 0 Å². The summed E-state index contributed by atoms with van der Waals surface area (Å²) in [6.45, 7) is 3.95. The van der Waals surface area contributed by atoms with E-state index in [1.54, 1.807) is 11.0 Å². The third kappa shape index (κ3) is 3.01. The number of aromatic nitrogens is 2. The van der Waals surface area contributed by atoms with Gasteiger partial charge in [0.05, 0.1) is 11.8 Å². The Morgan fingerprint density at radius 3 is 2.81 bits per heavy atom. The molecule has 1 fully saturated rings. The first-order valence-corrected chi connectivity index (χ1v) is 7.69. The number of carbonyl (C=O) groups excluding carboxylic acids is 1. The van der Waals surface area contributed by atoms with Crippen LogP contribution in [-0.2, 0) is 4.74 Å². The van der Waals surface area contributed by atoms with E-state index in [1.165, 1.54) is 0 Å². The number of amides is 1. The Hall–Kier alpha value is -1.66. The van der Waals surface area contributed by atoms with Gasteiger partial charge >= 0.3 is 0 Å². The van der Waals surface area contributed by atoms with Crippen molar-refractivity contribution in [3.05, 3.63) is 40.5 Å². The lowest BCUT2D eigenvalue weighted by Gasteiger charge is -2.38. The van der Waals surface area contributed by atoms with Crippen molar-refractivity contribution in [2.75, 3.05) is 19.7 Å². The number of rotatable bonds is 4. The Labute approximate surface area is 131 Å². The molecule has 5 nitrogen and oxygen atoms in total. The number of H-pyrrole nitrogens is 1. The van der Waals surface area contributed by atoms with Gasteiger partial charge in [0.25, 0.3) is 5.91 Å². The predicted octanol–water partition coefficient (Wildman–Crippen LogP) is 2.70. The van der Waals surface area contributed by atoms with Gasteiger partial charge < -0.3 is 9.64 Å². The minimum atomic E-state index is -0.0261. The third-order valence-corrected chi connectivity index (χ3v) is 4.01. The highest BCUT2D eigenvalue weighted by atomic mass is 79.9. The molecule has 0 atom stereocenters. The first-order chi connectivity index (χ1) is 10.2. The number of nitrogens with one attached hydrogen (secondary N) is 1. The molecule has 1 amide bonds. The van der Waals surface area contributed by atoms with Crippen molar-refractivity contribution in [1.82, 2.24) is 15.1 Å². The van der Waals surface area contributed by atoms with Crippen LogP contribution >= 0.6 is 15.9 Å². The molecule has 0 aliphatic carbocycles. The second kappa shape index (κ2) is 5.99. The molecule has 1 aliphatic rings. The van der Waals surface area contributed by atoms with E-state index >= 15 is 0 Å². The van der Waals surface area contributed by atoms with Crippen LogP contribution < -0.4 is 0 Å². The first kappa shape index (κ1) is 14.3. The lowest BCUT2D eigenvalue weighted by atomic mass is 10.1. The summed E-state index contributed by atoms with van der Waals surface area (Å²) in [5.74, 6) is -0.0261. The van der Waals surface area contributed by atoms with Crippen molar-refractivity contribution in [1.29, 1.82) is 0 Å². The van der Waals surface area contributed by atoms with Gasteiger partial charge in [-0.3, -0.25) is 9.89 Å². The Morgan fingerprint density at radius 1 is 1.43 bits per heavy atom. The Bertz CT molecular complexity index is 633. The monoisotopic (exact) mass is 349 g/mol. The van der Waals surface area contributed by atoms with E-state index in [0.717, 1.165) is 15.7 Å². The number of halogens is 1. The molecule has 1 aromatic carbocycles. The standard InChI is InChI=1S/C15H16BrN3O2/c1-2-21-12-8-19(9-12)15(20)14-7-13(17-18-14)10-3-5-11(16)6-4-10/h3-7,12H,2,8-9H2,1H3,(H,17,18). The van der Waals surface area contributed by atoms with Crippen LogP contribution in [-0.4, -0.2) is 46.8 Å². The maximum atomic E-state index is 12.3. The average Bonchev–Trinajstić information content (AvgIpc) is 2.92. The minimum absolute atomic E-state index is 0.0261. The van der Waals surface area contributed by atoms with E-state index in [4.69, 9.17) is 4.74 Å². The summed E-state index contributed by atoms with van der Waals surface area (Å²) in [6.07, 6.45) is 0.174. The second-order valence-corrected chi connectivity index (χ2v) is 5.88. The maximum Gasteiger partial charge on any atom is 0.272 e. The lowest BCUT2D eigenvalue weighted by Crippen LogP contribution is -2.54. The first-order valence-electron chi connectivity index (χ1n) is 6.89. The van der Waals surface area contributed by atoms with Gasteiger partial charge in [-0.05, 0) is 25.1 Å². The number of hydrogen-bond acceptors (Lipinski definition) is 3. The molecule has 1 N–H and O–H groups in total. The van der Waals surface area contributed by atoms with Crippen molar-refractivity contribution < 1.29 is 9.53 Å². The Balaban J connectivity index is 1.68. The lowest BCUT2D eigenvalue weighted by molar-refractivity contribution is -0.0380. The molecule has 6 heteroatoms. The number of nitrogens with zero attached hydrogens (tertiary/aromatic N) is 2. The zero-order valence-corrected chi connectivity index (χ0v) is 13.3. The number of aromatic amines is 1. The quantitative estimate of drug-likeness (QED) is 0.923. The third-order valence-electron chi connectivity index (χ3n) is 3.49. The molecule has 0 saturated carbocycles. The second-order valence-electron chi connectivity index (χ2n) is 4.96. The molecule has 0 spiro atoms. The smallest absolute Gasteiger partial charge is 0.272 e. The van der Waals surface area contributed by atoms with E-state index in [0.29, 0.717) is 25.4 Å². The SMILES string of the molecule is CCOC1CN(C(=O)c2cc(-c3ccc(Br)cc3)n[nH]2)C1. The van der Waals surface area contributed by atoms with Gasteiger partial charge in [0.1, 0.15) is 5.69 Å². The summed E-state index contributed by atoms with van der Waals surface area (Å²) in [5.41, 5.74) is 2.26. The highest BCUT2D eigenvalue weighted by molar-refractivity contribution is 9.10. The van der Waals surface area contributed by atoms with Crippen LogP contribution in [0.1, 0.15) is 17.4 Å². The Kier molecular flexibility index (Phi) is 4.07. The van der Waals surface area contributed by atoms with Crippen LogP contribution in [0.3, 0.4) is 0 Å². The fourth-order valence-electron chi connectivity index (χ4n) is 2.32. The van der Waals surface area contributed by atoms with E-state index in [1.807, 2.05) is 31.2 Å². The predicted molar refractivity (Wildman–Crippen MR) is 83.0 cm³/mol. The van der Waals surface area contributed by atoms with Gasteiger partial charge in [0.2, 0.25) is 0 Å². The molecule has 1 saturated heterocycles. The molecule has 2 aromatic rings. The fourth-order valence-corrected chi connectivity index (χ4v) is 2.58. The number of benzene rings is 1. The largest absolute Gasteiger partial charge is 0.375 e. The van der Waals surface area contributed by atoms with Crippen LogP contribution in [0.25, 0.3) is 11.3 Å². The normalized spacial score (nSPS) is 15.0. The van der Waals surface area contributed by atoms with Gasteiger partial charge in [-0.2, -0.15) is 5.10 Å². The van der Waals surface area contributed by atoms with Gasteiger partial charge in [0, 0.05) is 29.7 Å². The molecule has 1 aliphatic heterocycles. The minimum Gasteiger partial charge on any atom is -0.375 e. The average molecular weight is 350 g/mol. The van der Waals surface area contributed by atoms with Crippen molar-refractivity contribution in [2.24, 2.45) is 0 Å².